The predicted molar refractivity (Wildman–Crippen MR) is 56.3 cm³/mol. The van der Waals surface area contributed by atoms with Crippen LogP contribution in [0.1, 0.15) is 15.9 Å². The second-order valence-electron chi connectivity index (χ2n) is 2.85. The van der Waals surface area contributed by atoms with Gasteiger partial charge in [0.2, 0.25) is 0 Å². The van der Waals surface area contributed by atoms with Gasteiger partial charge in [0.25, 0.3) is 0 Å². The number of benzene rings is 1. The summed E-state index contributed by atoms with van der Waals surface area (Å²) in [4.78, 5) is 9.79. The van der Waals surface area contributed by atoms with Crippen molar-refractivity contribution in [3.8, 4) is 0 Å². The largest absolute Gasteiger partial charge is 0.417 e. The molecule has 7 heteroatoms. The fraction of sp³-hybridized carbons (Fsp3) is 0.222. The van der Waals surface area contributed by atoms with Crippen molar-refractivity contribution in [2.24, 2.45) is 0 Å². The van der Waals surface area contributed by atoms with E-state index < -0.39 is 27.9 Å². The van der Waals surface area contributed by atoms with Gasteiger partial charge in [-0.1, -0.05) is 34.8 Å². The zero-order valence-corrected chi connectivity index (χ0v) is 9.75. The number of carbonyl (C=O) groups is 1. The summed E-state index contributed by atoms with van der Waals surface area (Å²) in [5, 5.41) is 0.00494. The van der Waals surface area contributed by atoms with E-state index in [1.54, 1.807) is 0 Å². The number of rotatable bonds is 2. The highest BCUT2D eigenvalue weighted by Crippen LogP contribution is 2.34. The summed E-state index contributed by atoms with van der Waals surface area (Å²) in [6.07, 6.45) is -4.65. The lowest BCUT2D eigenvalue weighted by Gasteiger charge is -2.12. The summed E-state index contributed by atoms with van der Waals surface area (Å²) in [5.74, 6) is -1.03. The minimum atomic E-state index is -4.65. The summed E-state index contributed by atoms with van der Waals surface area (Å²) in [5.41, 5.74) is -1.73. The van der Waals surface area contributed by atoms with Gasteiger partial charge in [0.1, 0.15) is 0 Å². The topological polar surface area (TPSA) is 17.1 Å². The standard InChI is InChI=1S/C9H4Cl3F3O/c10-4-1-2-6(9(13,14)15)5(3-4)7(16)8(11)12/h1-3,8H. The van der Waals surface area contributed by atoms with Crippen LogP contribution < -0.4 is 0 Å². The molecule has 0 radical (unpaired) electrons. The summed E-state index contributed by atoms with van der Waals surface area (Å²) in [6, 6.07) is 2.65. The number of hydrogen-bond acceptors (Lipinski definition) is 1. The first-order valence-corrected chi connectivity index (χ1v) is 5.17. The Morgan fingerprint density at radius 2 is 1.81 bits per heavy atom. The predicted octanol–water partition coefficient (Wildman–Crippen LogP) is 4.35. The molecule has 1 nitrogen and oxygen atoms in total. The zero-order valence-electron chi connectivity index (χ0n) is 7.49. The van der Waals surface area contributed by atoms with Crippen LogP contribution in [0, 0.1) is 0 Å². The number of carbonyl (C=O) groups excluding carboxylic acids is 1. The average molecular weight is 291 g/mol. The van der Waals surface area contributed by atoms with E-state index in [0.29, 0.717) is 6.07 Å². The molecular weight excluding hydrogens is 287 g/mol. The maximum absolute atomic E-state index is 12.5. The van der Waals surface area contributed by atoms with E-state index in [4.69, 9.17) is 34.8 Å². The van der Waals surface area contributed by atoms with Crippen LogP contribution in [0.25, 0.3) is 0 Å². The van der Waals surface area contributed by atoms with Gasteiger partial charge in [-0.3, -0.25) is 4.79 Å². The first kappa shape index (κ1) is 13.6. The first-order valence-electron chi connectivity index (χ1n) is 3.92. The Bertz CT molecular complexity index is 415. The van der Waals surface area contributed by atoms with Crippen LogP contribution in [0.5, 0.6) is 0 Å². The number of ketones is 1. The monoisotopic (exact) mass is 290 g/mol. The molecule has 0 amide bonds. The van der Waals surface area contributed by atoms with Gasteiger partial charge in [-0.05, 0) is 18.2 Å². The summed E-state index contributed by atoms with van der Waals surface area (Å²) in [6.45, 7) is 0. The number of hydrogen-bond donors (Lipinski definition) is 0. The molecule has 0 atom stereocenters. The average Bonchev–Trinajstić information content (AvgIpc) is 2.14. The highest BCUT2D eigenvalue weighted by atomic mass is 35.5. The molecule has 88 valence electrons. The van der Waals surface area contributed by atoms with Crippen molar-refractivity contribution >= 4 is 40.6 Å². The molecule has 0 unspecified atom stereocenters. The molecule has 0 N–H and O–H groups in total. The molecule has 0 aromatic heterocycles. The van der Waals surface area contributed by atoms with Gasteiger partial charge in [-0.2, -0.15) is 13.2 Å². The fourth-order valence-electron chi connectivity index (χ4n) is 1.09. The smallest absolute Gasteiger partial charge is 0.291 e. The first-order chi connectivity index (χ1) is 7.23. The molecule has 0 saturated carbocycles. The van der Waals surface area contributed by atoms with Crippen LogP contribution in [0.2, 0.25) is 5.02 Å². The normalized spacial score (nSPS) is 11.9. The Hall–Kier alpha value is -0.450. The molecule has 0 aliphatic heterocycles. The molecule has 16 heavy (non-hydrogen) atoms. The third-order valence-electron chi connectivity index (χ3n) is 1.75. The molecular formula is C9H4Cl3F3O. The van der Waals surface area contributed by atoms with Crippen molar-refractivity contribution < 1.29 is 18.0 Å². The molecule has 1 aromatic rings. The minimum absolute atomic E-state index is 0.00494. The quantitative estimate of drug-likeness (QED) is 0.585. The number of Topliss-reactive ketones (excluding diaryl/α,β-unsaturated/α-hetero) is 1. The van der Waals surface area contributed by atoms with E-state index in [1.165, 1.54) is 0 Å². The van der Waals surface area contributed by atoms with Gasteiger partial charge >= 0.3 is 6.18 Å². The fourth-order valence-corrected chi connectivity index (χ4v) is 1.49. The van der Waals surface area contributed by atoms with Crippen molar-refractivity contribution in [2.45, 2.75) is 11.0 Å². The number of halogens is 6. The summed E-state index contributed by atoms with van der Waals surface area (Å²) < 4.78 is 37.6. The number of alkyl halides is 5. The van der Waals surface area contributed by atoms with Gasteiger partial charge in [0, 0.05) is 10.6 Å². The lowest BCUT2D eigenvalue weighted by Crippen LogP contribution is -2.16. The highest BCUT2D eigenvalue weighted by Gasteiger charge is 2.36. The van der Waals surface area contributed by atoms with Crippen LogP contribution in [0.3, 0.4) is 0 Å². The Kier molecular flexibility index (Phi) is 4.10. The summed E-state index contributed by atoms with van der Waals surface area (Å²) >= 11 is 16.0. The van der Waals surface area contributed by atoms with Crippen molar-refractivity contribution in [3.05, 3.63) is 34.3 Å². The van der Waals surface area contributed by atoms with Crippen LogP contribution >= 0.6 is 34.8 Å². The Morgan fingerprint density at radius 1 is 1.25 bits per heavy atom. The SMILES string of the molecule is O=C(c1cc(Cl)ccc1C(F)(F)F)C(Cl)Cl. The molecule has 0 bridgehead atoms. The van der Waals surface area contributed by atoms with Crippen LogP contribution in [0.4, 0.5) is 13.2 Å². The van der Waals surface area contributed by atoms with Crippen molar-refractivity contribution in [1.82, 2.24) is 0 Å². The zero-order chi connectivity index (χ0) is 12.5. The van der Waals surface area contributed by atoms with E-state index in [9.17, 15) is 18.0 Å². The van der Waals surface area contributed by atoms with Gasteiger partial charge in [0.15, 0.2) is 10.6 Å². The lowest BCUT2D eigenvalue weighted by atomic mass is 10.0. The van der Waals surface area contributed by atoms with Crippen molar-refractivity contribution in [3.63, 3.8) is 0 Å². The Labute approximate surface area is 104 Å². The van der Waals surface area contributed by atoms with Crippen LogP contribution in [0.15, 0.2) is 18.2 Å². The van der Waals surface area contributed by atoms with Gasteiger partial charge in [-0.15, -0.1) is 0 Å². The minimum Gasteiger partial charge on any atom is -0.291 e. The molecule has 1 rings (SSSR count). The molecule has 0 aliphatic rings. The molecule has 1 aromatic carbocycles. The van der Waals surface area contributed by atoms with Gasteiger partial charge in [-0.25, -0.2) is 0 Å². The van der Waals surface area contributed by atoms with E-state index in [-0.39, 0.29) is 5.02 Å². The molecule has 0 aliphatic carbocycles. The molecule has 0 fully saturated rings. The molecule has 0 spiro atoms. The van der Waals surface area contributed by atoms with E-state index in [0.717, 1.165) is 12.1 Å². The second-order valence-corrected chi connectivity index (χ2v) is 4.39. The van der Waals surface area contributed by atoms with E-state index in [2.05, 4.69) is 0 Å². The summed E-state index contributed by atoms with van der Waals surface area (Å²) in [7, 11) is 0. The van der Waals surface area contributed by atoms with E-state index in [1.807, 2.05) is 0 Å². The lowest BCUT2D eigenvalue weighted by molar-refractivity contribution is -0.137. The van der Waals surface area contributed by atoms with Crippen LogP contribution in [-0.2, 0) is 6.18 Å². The highest BCUT2D eigenvalue weighted by molar-refractivity contribution is 6.55. The van der Waals surface area contributed by atoms with E-state index >= 15 is 0 Å². The van der Waals surface area contributed by atoms with Gasteiger partial charge in [0.05, 0.1) is 5.56 Å². The molecule has 0 heterocycles. The Morgan fingerprint density at radius 3 is 2.25 bits per heavy atom. The maximum atomic E-state index is 12.5. The maximum Gasteiger partial charge on any atom is 0.417 e. The third-order valence-corrected chi connectivity index (χ3v) is 2.38. The van der Waals surface area contributed by atoms with Crippen LogP contribution in [-0.4, -0.2) is 10.6 Å². The van der Waals surface area contributed by atoms with Crippen molar-refractivity contribution in [2.75, 3.05) is 0 Å². The molecule has 0 saturated heterocycles. The van der Waals surface area contributed by atoms with Gasteiger partial charge < -0.3 is 0 Å². The second kappa shape index (κ2) is 4.82. The third kappa shape index (κ3) is 3.03. The van der Waals surface area contributed by atoms with Crippen molar-refractivity contribution in [1.29, 1.82) is 0 Å². The Balaban J connectivity index is 3.35.